The number of aromatic hydroxyl groups is 1. The molecule has 6 heterocycles. The molecule has 0 aliphatic carbocycles. The van der Waals surface area contributed by atoms with Crippen molar-refractivity contribution in [2.45, 2.75) is 68.8 Å². The van der Waals surface area contributed by atoms with E-state index in [2.05, 4.69) is 44.0 Å². The van der Waals surface area contributed by atoms with Gasteiger partial charge in [0.05, 0.1) is 10.9 Å². The van der Waals surface area contributed by atoms with E-state index in [1.54, 1.807) is 0 Å². The number of phenolic OH excluding ortho intramolecular Hbond substituents is 1. The first-order chi connectivity index (χ1) is 21.8. The number of nitrogens with zero attached hydrogens (tertiary/aromatic N) is 5. The molecule has 4 aliphatic heterocycles. The average Bonchev–Trinajstić information content (AvgIpc) is 3.46. The Hall–Kier alpha value is -4.51. The van der Waals surface area contributed by atoms with Gasteiger partial charge in [0.2, 0.25) is 0 Å². The third kappa shape index (κ3) is 4.55. The lowest BCUT2D eigenvalue weighted by atomic mass is 9.95. The van der Waals surface area contributed by atoms with E-state index in [1.165, 1.54) is 24.3 Å². The van der Waals surface area contributed by atoms with Gasteiger partial charge in [0.25, 0.3) is 0 Å². The number of piperazine rings is 1. The van der Waals surface area contributed by atoms with E-state index in [0.29, 0.717) is 41.8 Å². The minimum atomic E-state index is -0.779. The van der Waals surface area contributed by atoms with Crippen molar-refractivity contribution >= 4 is 27.5 Å². The molecule has 4 aliphatic rings. The second-order valence-corrected chi connectivity index (χ2v) is 12.8. The molecular formula is C35H32F2N6O2. The summed E-state index contributed by atoms with van der Waals surface area (Å²) in [5.41, 5.74) is -0.0345. The number of piperidine rings is 1. The van der Waals surface area contributed by atoms with Gasteiger partial charge in [-0.05, 0) is 62.2 Å². The fraction of sp³-hybridized carbons (Fsp3) is 0.400. The lowest BCUT2D eigenvalue weighted by Gasteiger charge is -2.36. The number of phenols is 1. The number of terminal acetylenes is 2. The van der Waals surface area contributed by atoms with Crippen molar-refractivity contribution in [1.82, 2.24) is 25.2 Å². The molecule has 8 nitrogen and oxygen atoms in total. The van der Waals surface area contributed by atoms with E-state index >= 15 is 4.39 Å². The number of rotatable bonds is 4. The van der Waals surface area contributed by atoms with E-state index < -0.39 is 11.6 Å². The maximum atomic E-state index is 17.0. The smallest absolute Gasteiger partial charge is 0.319 e. The van der Waals surface area contributed by atoms with Crippen LogP contribution in [0.15, 0.2) is 24.3 Å². The average molecular weight is 607 g/mol. The summed E-state index contributed by atoms with van der Waals surface area (Å²) in [6, 6.07) is 6.99. The summed E-state index contributed by atoms with van der Waals surface area (Å²) < 4.78 is 38.3. The van der Waals surface area contributed by atoms with E-state index in [9.17, 15) is 9.50 Å². The third-order valence-electron chi connectivity index (χ3n) is 10.2. The van der Waals surface area contributed by atoms with Crippen LogP contribution in [0.25, 0.3) is 32.9 Å². The Morgan fingerprint density at radius 1 is 0.956 bits per heavy atom. The van der Waals surface area contributed by atoms with Crippen LogP contribution in [0.1, 0.15) is 49.8 Å². The number of fused-ring (bicyclic) bond motifs is 6. The van der Waals surface area contributed by atoms with Gasteiger partial charge < -0.3 is 25.0 Å². The monoisotopic (exact) mass is 606 g/mol. The zero-order valence-corrected chi connectivity index (χ0v) is 24.9. The molecular weight excluding hydrogens is 574 g/mol. The Balaban J connectivity index is 1.34. The summed E-state index contributed by atoms with van der Waals surface area (Å²) in [6.07, 6.45) is 17.7. The maximum Gasteiger partial charge on any atom is 0.319 e. The lowest BCUT2D eigenvalue weighted by Crippen LogP contribution is -2.51. The highest BCUT2D eigenvalue weighted by Gasteiger charge is 2.40. The quantitative estimate of drug-likeness (QED) is 0.323. The molecule has 4 fully saturated rings. The number of pyridine rings is 1. The van der Waals surface area contributed by atoms with Crippen molar-refractivity contribution in [3.05, 3.63) is 47.2 Å². The number of hydrogen-bond donors (Lipinski definition) is 2. The fourth-order valence-corrected chi connectivity index (χ4v) is 8.03. The first kappa shape index (κ1) is 28.0. The van der Waals surface area contributed by atoms with E-state index in [4.69, 9.17) is 22.6 Å². The van der Waals surface area contributed by atoms with Gasteiger partial charge in [-0.25, -0.2) is 13.8 Å². The first-order valence-electron chi connectivity index (χ1n) is 15.5. The molecule has 0 radical (unpaired) electrons. The Morgan fingerprint density at radius 2 is 1.69 bits per heavy atom. The van der Waals surface area contributed by atoms with Crippen LogP contribution in [0.3, 0.4) is 0 Å². The maximum absolute atomic E-state index is 17.0. The number of anilines is 1. The predicted molar refractivity (Wildman–Crippen MR) is 168 cm³/mol. The van der Waals surface area contributed by atoms with Gasteiger partial charge in [0, 0.05) is 61.0 Å². The van der Waals surface area contributed by atoms with Gasteiger partial charge in [-0.15, -0.1) is 12.8 Å². The van der Waals surface area contributed by atoms with Gasteiger partial charge in [-0.1, -0.05) is 12.0 Å². The highest BCUT2D eigenvalue weighted by atomic mass is 19.1. The number of halogens is 2. The van der Waals surface area contributed by atoms with Crippen LogP contribution < -0.4 is 15.0 Å². The summed E-state index contributed by atoms with van der Waals surface area (Å²) in [6.45, 7) is 1.35. The number of nitrogens with one attached hydrogen (secondary N) is 1. The van der Waals surface area contributed by atoms with Crippen LogP contribution in [-0.2, 0) is 0 Å². The molecule has 3 unspecified atom stereocenters. The molecule has 2 aromatic heterocycles. The summed E-state index contributed by atoms with van der Waals surface area (Å²) in [5.74, 6) is 3.92. The lowest BCUT2D eigenvalue weighted by molar-refractivity contribution is 0.0603. The molecule has 228 valence electrons. The van der Waals surface area contributed by atoms with Crippen molar-refractivity contribution < 1.29 is 18.6 Å². The SMILES string of the molecule is C#Cc1c(F)ccc2cc(O)cc(-c3nc(C#C)c4c(N5CC6CCC(C5)N6)nc(OC5C[C@H]6CC[C@@H](C5)N6C)nc4c3F)c12. The molecule has 10 heteroatoms. The van der Waals surface area contributed by atoms with Crippen molar-refractivity contribution in [1.29, 1.82) is 0 Å². The van der Waals surface area contributed by atoms with E-state index in [0.717, 1.165) is 38.5 Å². The molecule has 0 saturated carbocycles. The Labute approximate surface area is 259 Å². The number of aromatic nitrogens is 3. The van der Waals surface area contributed by atoms with Gasteiger partial charge >= 0.3 is 6.01 Å². The number of ether oxygens (including phenoxy) is 1. The first-order valence-corrected chi connectivity index (χ1v) is 15.5. The van der Waals surface area contributed by atoms with Crippen molar-refractivity contribution in [2.24, 2.45) is 0 Å². The van der Waals surface area contributed by atoms with Crippen LogP contribution in [0.5, 0.6) is 11.8 Å². The predicted octanol–water partition coefficient (Wildman–Crippen LogP) is 4.74. The number of benzene rings is 2. The van der Waals surface area contributed by atoms with Crippen LogP contribution in [0.4, 0.5) is 14.6 Å². The molecule has 4 bridgehead atoms. The molecule has 45 heavy (non-hydrogen) atoms. The van der Waals surface area contributed by atoms with Crippen molar-refractivity contribution in [3.63, 3.8) is 0 Å². The minimum absolute atomic E-state index is 0.0371. The zero-order chi connectivity index (χ0) is 31.0. The van der Waals surface area contributed by atoms with Gasteiger partial charge in [-0.2, -0.15) is 9.97 Å². The molecule has 0 amide bonds. The minimum Gasteiger partial charge on any atom is -0.508 e. The summed E-state index contributed by atoms with van der Waals surface area (Å²) >= 11 is 0. The summed E-state index contributed by atoms with van der Waals surface area (Å²) in [7, 11) is 2.16. The topological polar surface area (TPSA) is 86.6 Å². The molecule has 5 atom stereocenters. The van der Waals surface area contributed by atoms with E-state index in [1.807, 2.05) is 0 Å². The largest absolute Gasteiger partial charge is 0.508 e. The van der Waals surface area contributed by atoms with Crippen LogP contribution >= 0.6 is 0 Å². The van der Waals surface area contributed by atoms with Crippen molar-refractivity contribution in [2.75, 3.05) is 25.0 Å². The second kappa shape index (κ2) is 10.5. The number of hydrogen-bond acceptors (Lipinski definition) is 8. The second-order valence-electron chi connectivity index (χ2n) is 12.8. The normalized spacial score (nSPS) is 25.9. The van der Waals surface area contributed by atoms with Gasteiger partial charge in [0.1, 0.15) is 40.4 Å². The molecule has 0 spiro atoms. The highest BCUT2D eigenvalue weighted by Crippen LogP contribution is 2.41. The van der Waals surface area contributed by atoms with Crippen LogP contribution in [0.2, 0.25) is 0 Å². The Bertz CT molecular complexity index is 1940. The zero-order valence-electron chi connectivity index (χ0n) is 24.9. The Morgan fingerprint density at radius 3 is 2.38 bits per heavy atom. The van der Waals surface area contributed by atoms with Crippen molar-refractivity contribution in [3.8, 4) is 47.7 Å². The molecule has 8 rings (SSSR count). The van der Waals surface area contributed by atoms with Gasteiger partial charge in [0.15, 0.2) is 5.82 Å². The highest BCUT2D eigenvalue weighted by molar-refractivity contribution is 6.04. The molecule has 2 N–H and O–H groups in total. The molecule has 2 aromatic carbocycles. The Kier molecular flexibility index (Phi) is 6.56. The van der Waals surface area contributed by atoms with E-state index in [-0.39, 0.29) is 63.4 Å². The molecule has 4 saturated heterocycles. The van der Waals surface area contributed by atoms with Crippen LogP contribution in [0, 0.1) is 36.3 Å². The van der Waals surface area contributed by atoms with Gasteiger partial charge in [-0.3, -0.25) is 0 Å². The fourth-order valence-electron chi connectivity index (χ4n) is 8.03. The summed E-state index contributed by atoms with van der Waals surface area (Å²) in [5, 5.41) is 15.2. The van der Waals surface area contributed by atoms with Crippen LogP contribution in [-0.4, -0.2) is 75.4 Å². The summed E-state index contributed by atoms with van der Waals surface area (Å²) in [4.78, 5) is 18.7. The molecule has 4 aromatic rings. The standard InChI is InChI=1S/C35H32F2N6O2/c1-4-25-27(36)11-6-18-12-23(44)15-26(29(18)25)32-31(37)33-30(28(5-2)39-32)34(43-16-19-7-8-20(17-43)38-19)41-35(40-33)45-24-13-21-9-10-22(14-24)42(21)3/h1-2,6,11-12,15,19-22,24,38,44H,7-10,13-14,16-17H2,3H3/t19?,20?,21-,22+,24?. The third-order valence-corrected chi connectivity index (χ3v) is 10.2.